The lowest BCUT2D eigenvalue weighted by atomic mass is 9.79. The average Bonchev–Trinajstić information content (AvgIpc) is 2.63. The van der Waals surface area contributed by atoms with Gasteiger partial charge >= 0.3 is 0 Å². The molecule has 1 saturated heterocycles. The summed E-state index contributed by atoms with van der Waals surface area (Å²) in [5, 5.41) is 9.52. The Bertz CT molecular complexity index is 554. The largest absolute Gasteiger partial charge is 0.396 e. The van der Waals surface area contributed by atoms with Crippen LogP contribution in [0.5, 0.6) is 0 Å². The zero-order chi connectivity index (χ0) is 16.1. The molecule has 0 saturated carbocycles. The van der Waals surface area contributed by atoms with Crippen LogP contribution in [0.25, 0.3) is 0 Å². The summed E-state index contributed by atoms with van der Waals surface area (Å²) in [6.07, 6.45) is 4.53. The molecule has 2 heteroatoms. The molecule has 1 heterocycles. The Morgan fingerprint density at radius 2 is 1.52 bits per heavy atom. The van der Waals surface area contributed by atoms with Crippen molar-refractivity contribution in [1.82, 2.24) is 4.90 Å². The molecule has 2 nitrogen and oxygen atoms in total. The molecule has 0 bridgehead atoms. The van der Waals surface area contributed by atoms with Gasteiger partial charge in [0, 0.05) is 12.6 Å². The first-order valence-corrected chi connectivity index (χ1v) is 8.75. The Kier molecular flexibility index (Phi) is 5.14. The zero-order valence-electron chi connectivity index (χ0n) is 14.0. The van der Waals surface area contributed by atoms with Crippen molar-refractivity contribution in [2.45, 2.75) is 44.2 Å². The number of benzene rings is 2. The zero-order valence-corrected chi connectivity index (χ0v) is 14.0. The third-order valence-electron chi connectivity index (χ3n) is 5.34. The van der Waals surface area contributed by atoms with Crippen LogP contribution in [0, 0.1) is 0 Å². The number of nitrogens with zero attached hydrogens (tertiary/aromatic N) is 1. The van der Waals surface area contributed by atoms with Crippen LogP contribution in [0.15, 0.2) is 60.7 Å². The maximum atomic E-state index is 9.52. The molecular formula is C21H27NO. The molecule has 0 aliphatic carbocycles. The molecule has 1 unspecified atom stereocenters. The van der Waals surface area contributed by atoms with Gasteiger partial charge in [0.2, 0.25) is 0 Å². The smallest absolute Gasteiger partial charge is 0.0689 e. The second-order valence-corrected chi connectivity index (χ2v) is 6.66. The fraction of sp³-hybridized carbons (Fsp3) is 0.429. The summed E-state index contributed by atoms with van der Waals surface area (Å²) >= 11 is 0. The number of aliphatic hydroxyl groups excluding tert-OH is 1. The Hall–Kier alpha value is -1.64. The van der Waals surface area contributed by atoms with Crippen LogP contribution in [0.1, 0.15) is 43.7 Å². The number of hydrogen-bond acceptors (Lipinski definition) is 2. The lowest BCUT2D eigenvalue weighted by Crippen LogP contribution is -2.53. The second-order valence-electron chi connectivity index (χ2n) is 6.66. The Morgan fingerprint density at radius 1 is 0.957 bits per heavy atom. The minimum absolute atomic E-state index is 0.150. The molecular weight excluding hydrogens is 282 g/mol. The van der Waals surface area contributed by atoms with Gasteiger partial charge in [0.25, 0.3) is 0 Å². The van der Waals surface area contributed by atoms with Gasteiger partial charge in [-0.2, -0.15) is 0 Å². The van der Waals surface area contributed by atoms with E-state index in [0.717, 1.165) is 13.0 Å². The molecule has 3 rings (SSSR count). The summed E-state index contributed by atoms with van der Waals surface area (Å²) in [5.41, 5.74) is 2.51. The molecule has 1 atom stereocenters. The van der Waals surface area contributed by atoms with Gasteiger partial charge in [0.1, 0.15) is 0 Å². The van der Waals surface area contributed by atoms with E-state index < -0.39 is 0 Å². The van der Waals surface area contributed by atoms with Crippen LogP contribution in [-0.4, -0.2) is 29.2 Å². The summed E-state index contributed by atoms with van der Waals surface area (Å²) in [6.45, 7) is 3.69. The fourth-order valence-corrected chi connectivity index (χ4v) is 4.06. The Balaban J connectivity index is 2.08. The maximum Gasteiger partial charge on any atom is 0.0689 e. The number of likely N-dealkylation sites (tertiary alicyclic amines) is 1. The predicted octanol–water partition coefficient (Wildman–Crippen LogP) is 4.19. The second kappa shape index (κ2) is 7.29. The highest BCUT2D eigenvalue weighted by Crippen LogP contribution is 2.40. The third-order valence-corrected chi connectivity index (χ3v) is 5.34. The molecule has 0 radical (unpaired) electrons. The van der Waals surface area contributed by atoms with E-state index in [9.17, 15) is 5.11 Å². The van der Waals surface area contributed by atoms with Crippen LogP contribution in [0.3, 0.4) is 0 Å². The van der Waals surface area contributed by atoms with Gasteiger partial charge in [-0.15, -0.1) is 0 Å². The van der Waals surface area contributed by atoms with Gasteiger partial charge < -0.3 is 5.11 Å². The van der Waals surface area contributed by atoms with Gasteiger partial charge in [-0.3, -0.25) is 4.90 Å². The normalized spacial score (nSPS) is 19.7. The van der Waals surface area contributed by atoms with Gasteiger partial charge in [-0.1, -0.05) is 67.1 Å². The van der Waals surface area contributed by atoms with Crippen molar-refractivity contribution in [3.05, 3.63) is 71.8 Å². The van der Waals surface area contributed by atoms with Gasteiger partial charge in [-0.05, 0) is 43.9 Å². The first kappa shape index (κ1) is 16.2. The van der Waals surface area contributed by atoms with Crippen molar-refractivity contribution in [1.29, 1.82) is 0 Å². The minimum atomic E-state index is -0.150. The highest BCUT2D eigenvalue weighted by Gasteiger charge is 2.40. The van der Waals surface area contributed by atoms with Gasteiger partial charge in [0.15, 0.2) is 0 Å². The number of rotatable bonds is 5. The highest BCUT2D eigenvalue weighted by molar-refractivity contribution is 5.38. The monoisotopic (exact) mass is 309 g/mol. The summed E-state index contributed by atoms with van der Waals surface area (Å²) < 4.78 is 0. The van der Waals surface area contributed by atoms with Crippen LogP contribution in [-0.2, 0) is 5.54 Å². The molecule has 0 amide bonds. The minimum Gasteiger partial charge on any atom is -0.396 e. The molecule has 122 valence electrons. The lowest BCUT2D eigenvalue weighted by molar-refractivity contribution is 0.0379. The van der Waals surface area contributed by atoms with Crippen molar-refractivity contribution in [2.24, 2.45) is 0 Å². The Labute approximate surface area is 139 Å². The van der Waals surface area contributed by atoms with Crippen molar-refractivity contribution >= 4 is 0 Å². The molecule has 0 spiro atoms. The van der Waals surface area contributed by atoms with E-state index in [-0.39, 0.29) is 12.1 Å². The molecule has 0 aromatic heterocycles. The summed E-state index contributed by atoms with van der Waals surface area (Å²) in [4.78, 5) is 2.62. The number of aliphatic hydroxyl groups is 1. The fourth-order valence-electron chi connectivity index (χ4n) is 4.06. The van der Waals surface area contributed by atoms with Crippen LogP contribution in [0.2, 0.25) is 0 Å². The molecule has 1 fully saturated rings. The number of hydrogen-bond donors (Lipinski definition) is 1. The summed E-state index contributed by atoms with van der Waals surface area (Å²) in [7, 11) is 0. The molecule has 1 aliphatic rings. The van der Waals surface area contributed by atoms with E-state index in [1.54, 1.807) is 0 Å². The first-order chi connectivity index (χ1) is 11.3. The standard InChI is InChI=1S/C21H27NO/c1-21(18-10-4-2-5-11-18,19-12-6-3-7-13-19)22-16-9-8-14-20(22)15-17-23/h2-7,10-13,20,23H,8-9,14-17H2,1H3. The van der Waals surface area contributed by atoms with Crippen molar-refractivity contribution < 1.29 is 5.11 Å². The van der Waals surface area contributed by atoms with Crippen molar-refractivity contribution in [3.63, 3.8) is 0 Å². The molecule has 23 heavy (non-hydrogen) atoms. The quantitative estimate of drug-likeness (QED) is 0.895. The topological polar surface area (TPSA) is 23.5 Å². The SMILES string of the molecule is CC(c1ccccc1)(c1ccccc1)N1CCCCC1CCO. The molecule has 2 aromatic rings. The molecule has 2 aromatic carbocycles. The highest BCUT2D eigenvalue weighted by atomic mass is 16.3. The van der Waals surface area contributed by atoms with E-state index in [0.29, 0.717) is 6.04 Å². The van der Waals surface area contributed by atoms with Gasteiger partial charge in [0.05, 0.1) is 5.54 Å². The molecule has 1 aliphatic heterocycles. The van der Waals surface area contributed by atoms with E-state index in [1.165, 1.54) is 30.4 Å². The predicted molar refractivity (Wildman–Crippen MR) is 95.4 cm³/mol. The van der Waals surface area contributed by atoms with Crippen LogP contribution >= 0.6 is 0 Å². The van der Waals surface area contributed by atoms with E-state index in [4.69, 9.17) is 0 Å². The maximum absolute atomic E-state index is 9.52. The van der Waals surface area contributed by atoms with E-state index in [1.807, 2.05) is 0 Å². The van der Waals surface area contributed by atoms with E-state index in [2.05, 4.69) is 72.5 Å². The lowest BCUT2D eigenvalue weighted by Gasteiger charge is -2.49. The molecule has 1 N–H and O–H groups in total. The van der Waals surface area contributed by atoms with Crippen LogP contribution < -0.4 is 0 Å². The summed E-state index contributed by atoms with van der Waals surface area (Å²) in [6, 6.07) is 22.0. The number of piperidine rings is 1. The summed E-state index contributed by atoms with van der Waals surface area (Å²) in [5.74, 6) is 0. The average molecular weight is 309 g/mol. The van der Waals surface area contributed by atoms with Crippen molar-refractivity contribution in [2.75, 3.05) is 13.2 Å². The van der Waals surface area contributed by atoms with E-state index >= 15 is 0 Å². The first-order valence-electron chi connectivity index (χ1n) is 8.75. The van der Waals surface area contributed by atoms with Gasteiger partial charge in [-0.25, -0.2) is 0 Å². The van der Waals surface area contributed by atoms with Crippen LogP contribution in [0.4, 0.5) is 0 Å². The Morgan fingerprint density at radius 3 is 2.04 bits per heavy atom. The third kappa shape index (κ3) is 3.19. The van der Waals surface area contributed by atoms with Crippen molar-refractivity contribution in [3.8, 4) is 0 Å².